The standard InChI is InChI=1S/C19H19N3O3S2/c1-2-9-26-19-22-21-18(27-19)20-17(23)11-24-12-7-8-16-14(10-12)13-5-3-4-6-15(13)25-16/h2,7-8,10H,1,3-6,9,11H2,(H,20,21,23). The van der Waals surface area contributed by atoms with E-state index in [1.165, 1.54) is 41.5 Å². The molecule has 8 heteroatoms. The third-order valence-electron chi connectivity index (χ3n) is 4.27. The monoisotopic (exact) mass is 401 g/mol. The maximum absolute atomic E-state index is 12.1. The van der Waals surface area contributed by atoms with Crippen molar-refractivity contribution in [3.05, 3.63) is 42.2 Å². The lowest BCUT2D eigenvalue weighted by atomic mass is 9.96. The molecule has 1 amide bonds. The van der Waals surface area contributed by atoms with E-state index >= 15 is 0 Å². The van der Waals surface area contributed by atoms with E-state index in [0.717, 1.165) is 39.7 Å². The number of carbonyl (C=O) groups is 1. The first-order valence-electron chi connectivity index (χ1n) is 8.77. The van der Waals surface area contributed by atoms with Crippen LogP contribution in [0.25, 0.3) is 11.0 Å². The molecule has 0 radical (unpaired) electrons. The number of amides is 1. The van der Waals surface area contributed by atoms with Gasteiger partial charge in [0, 0.05) is 23.1 Å². The van der Waals surface area contributed by atoms with Crippen LogP contribution < -0.4 is 10.1 Å². The second-order valence-corrected chi connectivity index (χ2v) is 8.42. The summed E-state index contributed by atoms with van der Waals surface area (Å²) in [5.74, 6) is 2.24. The van der Waals surface area contributed by atoms with E-state index in [4.69, 9.17) is 9.15 Å². The zero-order valence-corrected chi connectivity index (χ0v) is 16.3. The minimum absolute atomic E-state index is 0.0831. The maximum atomic E-state index is 12.1. The number of furan rings is 1. The van der Waals surface area contributed by atoms with Crippen molar-refractivity contribution in [2.45, 2.75) is 30.0 Å². The zero-order valence-electron chi connectivity index (χ0n) is 14.7. The largest absolute Gasteiger partial charge is 0.484 e. The Morgan fingerprint density at radius 3 is 3.15 bits per heavy atom. The van der Waals surface area contributed by atoms with Gasteiger partial charge in [0.05, 0.1) is 0 Å². The average Bonchev–Trinajstić information content (AvgIpc) is 3.28. The van der Waals surface area contributed by atoms with Crippen LogP contribution in [0.1, 0.15) is 24.2 Å². The number of benzene rings is 1. The van der Waals surface area contributed by atoms with E-state index in [-0.39, 0.29) is 12.5 Å². The molecule has 0 aliphatic heterocycles. The van der Waals surface area contributed by atoms with Gasteiger partial charge in [-0.25, -0.2) is 0 Å². The summed E-state index contributed by atoms with van der Waals surface area (Å²) in [5.41, 5.74) is 2.17. The summed E-state index contributed by atoms with van der Waals surface area (Å²) in [4.78, 5) is 12.1. The minimum Gasteiger partial charge on any atom is -0.484 e. The Morgan fingerprint density at radius 1 is 1.37 bits per heavy atom. The van der Waals surface area contributed by atoms with Gasteiger partial charge in [-0.1, -0.05) is 29.2 Å². The number of carbonyl (C=O) groups excluding carboxylic acids is 1. The van der Waals surface area contributed by atoms with E-state index in [1.807, 2.05) is 18.2 Å². The number of nitrogens with zero attached hydrogens (tertiary/aromatic N) is 2. The summed E-state index contributed by atoms with van der Waals surface area (Å²) in [7, 11) is 0. The summed E-state index contributed by atoms with van der Waals surface area (Å²) < 4.78 is 12.4. The molecule has 3 aromatic rings. The number of aromatic nitrogens is 2. The summed E-state index contributed by atoms with van der Waals surface area (Å²) in [5, 5.41) is 12.2. The third-order valence-corrected chi connectivity index (χ3v) is 6.24. The van der Waals surface area contributed by atoms with Crippen molar-refractivity contribution in [2.75, 3.05) is 17.7 Å². The van der Waals surface area contributed by atoms with E-state index in [2.05, 4.69) is 22.1 Å². The molecule has 0 bridgehead atoms. The van der Waals surface area contributed by atoms with E-state index in [9.17, 15) is 4.79 Å². The fourth-order valence-electron chi connectivity index (χ4n) is 3.08. The van der Waals surface area contributed by atoms with Gasteiger partial charge < -0.3 is 9.15 Å². The first-order valence-corrected chi connectivity index (χ1v) is 10.6. The Morgan fingerprint density at radius 2 is 2.26 bits per heavy atom. The van der Waals surface area contributed by atoms with Crippen LogP contribution in [-0.2, 0) is 17.6 Å². The smallest absolute Gasteiger partial charge is 0.264 e. The SMILES string of the molecule is C=CCSc1nnc(NC(=O)COc2ccc3oc4c(c3c2)CCCC4)s1. The van der Waals surface area contributed by atoms with Gasteiger partial charge in [-0.3, -0.25) is 10.1 Å². The van der Waals surface area contributed by atoms with Crippen LogP contribution in [0.5, 0.6) is 5.75 Å². The van der Waals surface area contributed by atoms with Crippen LogP contribution in [0.15, 0.2) is 39.6 Å². The van der Waals surface area contributed by atoms with Gasteiger partial charge in [0.25, 0.3) is 5.91 Å². The molecule has 140 valence electrons. The van der Waals surface area contributed by atoms with E-state index in [1.54, 1.807) is 6.08 Å². The molecule has 0 fully saturated rings. The Kier molecular flexibility index (Phi) is 5.45. The van der Waals surface area contributed by atoms with Crippen LogP contribution in [-0.4, -0.2) is 28.5 Å². The number of ether oxygens (including phenoxy) is 1. The van der Waals surface area contributed by atoms with Gasteiger partial charge in [0.1, 0.15) is 17.1 Å². The molecule has 1 N–H and O–H groups in total. The fraction of sp³-hybridized carbons (Fsp3) is 0.316. The Balaban J connectivity index is 1.37. The van der Waals surface area contributed by atoms with E-state index < -0.39 is 0 Å². The van der Waals surface area contributed by atoms with Crippen LogP contribution in [0.4, 0.5) is 5.13 Å². The lowest BCUT2D eigenvalue weighted by molar-refractivity contribution is -0.118. The van der Waals surface area contributed by atoms with Gasteiger partial charge in [0.2, 0.25) is 5.13 Å². The lowest BCUT2D eigenvalue weighted by Crippen LogP contribution is -2.20. The molecular weight excluding hydrogens is 382 g/mol. The molecule has 0 unspecified atom stereocenters. The molecule has 1 aromatic carbocycles. The van der Waals surface area contributed by atoms with Crippen LogP contribution in [0, 0.1) is 0 Å². The van der Waals surface area contributed by atoms with Gasteiger partial charge in [-0.05, 0) is 37.5 Å². The first-order chi connectivity index (χ1) is 13.2. The Labute approximate surface area is 165 Å². The number of thioether (sulfide) groups is 1. The molecule has 0 atom stereocenters. The second kappa shape index (κ2) is 8.14. The fourth-order valence-corrected chi connectivity index (χ4v) is 4.61. The molecule has 6 nitrogen and oxygen atoms in total. The zero-order chi connectivity index (χ0) is 18.6. The van der Waals surface area contributed by atoms with Crippen LogP contribution in [0.2, 0.25) is 0 Å². The predicted molar refractivity (Wildman–Crippen MR) is 108 cm³/mol. The number of hydrogen-bond acceptors (Lipinski definition) is 7. The normalized spacial score (nSPS) is 13.3. The molecule has 0 spiro atoms. The number of rotatable bonds is 7. The van der Waals surface area contributed by atoms with Gasteiger partial charge in [-0.2, -0.15) is 0 Å². The summed E-state index contributed by atoms with van der Waals surface area (Å²) in [6, 6.07) is 5.71. The van der Waals surface area contributed by atoms with Crippen molar-refractivity contribution in [2.24, 2.45) is 0 Å². The highest BCUT2D eigenvalue weighted by atomic mass is 32.2. The molecule has 0 saturated carbocycles. The van der Waals surface area contributed by atoms with Crippen molar-refractivity contribution >= 4 is 45.1 Å². The van der Waals surface area contributed by atoms with Crippen molar-refractivity contribution in [3.63, 3.8) is 0 Å². The van der Waals surface area contributed by atoms with Gasteiger partial charge in [-0.15, -0.1) is 16.8 Å². The third kappa shape index (κ3) is 4.17. The van der Waals surface area contributed by atoms with Crippen LogP contribution >= 0.6 is 23.1 Å². The average molecular weight is 402 g/mol. The first kappa shape index (κ1) is 18.1. The molecule has 1 aliphatic carbocycles. The number of hydrogen-bond donors (Lipinski definition) is 1. The van der Waals surface area contributed by atoms with Gasteiger partial charge >= 0.3 is 0 Å². The van der Waals surface area contributed by atoms with Crippen molar-refractivity contribution in [3.8, 4) is 5.75 Å². The predicted octanol–water partition coefficient (Wildman–Crippen LogP) is 4.46. The number of nitrogens with one attached hydrogen (secondary N) is 1. The number of anilines is 1. The maximum Gasteiger partial charge on any atom is 0.264 e. The Bertz CT molecular complexity index is 980. The minimum atomic E-state index is -0.263. The summed E-state index contributed by atoms with van der Waals surface area (Å²) in [6.07, 6.45) is 6.19. The molecule has 27 heavy (non-hydrogen) atoms. The number of fused-ring (bicyclic) bond motifs is 3. The summed E-state index contributed by atoms with van der Waals surface area (Å²) in [6.45, 7) is 3.58. The van der Waals surface area contributed by atoms with Crippen molar-refractivity contribution in [1.82, 2.24) is 10.2 Å². The molecule has 2 aromatic heterocycles. The Hall–Kier alpha value is -2.32. The van der Waals surface area contributed by atoms with Crippen molar-refractivity contribution < 1.29 is 13.9 Å². The second-order valence-electron chi connectivity index (χ2n) is 6.18. The summed E-state index contributed by atoms with van der Waals surface area (Å²) >= 11 is 2.86. The highest BCUT2D eigenvalue weighted by molar-refractivity contribution is 8.01. The van der Waals surface area contributed by atoms with Gasteiger partial charge in [0.15, 0.2) is 10.9 Å². The molecular formula is C19H19N3O3S2. The molecule has 1 aliphatic rings. The highest BCUT2D eigenvalue weighted by Crippen LogP contribution is 2.34. The van der Waals surface area contributed by atoms with E-state index in [0.29, 0.717) is 10.9 Å². The number of aryl methyl sites for hydroxylation is 2. The molecule has 4 rings (SSSR count). The van der Waals surface area contributed by atoms with Crippen LogP contribution in [0.3, 0.4) is 0 Å². The quantitative estimate of drug-likeness (QED) is 0.358. The topological polar surface area (TPSA) is 77.2 Å². The molecule has 2 heterocycles. The molecule has 0 saturated heterocycles. The highest BCUT2D eigenvalue weighted by Gasteiger charge is 2.18. The lowest BCUT2D eigenvalue weighted by Gasteiger charge is -2.09. The van der Waals surface area contributed by atoms with Crippen molar-refractivity contribution in [1.29, 1.82) is 0 Å².